The highest BCUT2D eigenvalue weighted by molar-refractivity contribution is 7.89. The van der Waals surface area contributed by atoms with E-state index in [9.17, 15) is 8.42 Å². The lowest BCUT2D eigenvalue weighted by molar-refractivity contribution is -0.0300. The normalized spacial score (nSPS) is 18.1. The van der Waals surface area contributed by atoms with E-state index in [1.54, 1.807) is 25.3 Å². The van der Waals surface area contributed by atoms with Crippen LogP contribution in [-0.2, 0) is 14.8 Å². The predicted molar refractivity (Wildman–Crippen MR) is 109 cm³/mol. The summed E-state index contributed by atoms with van der Waals surface area (Å²) in [6, 6.07) is 15.1. The number of benzene rings is 2. The molecule has 1 unspecified atom stereocenters. The third-order valence-electron chi connectivity index (χ3n) is 4.94. The summed E-state index contributed by atoms with van der Waals surface area (Å²) in [7, 11) is -1.94. The van der Waals surface area contributed by atoms with E-state index in [1.165, 1.54) is 5.56 Å². The van der Waals surface area contributed by atoms with Crippen LogP contribution >= 0.6 is 0 Å². The predicted octanol–water partition coefficient (Wildman–Crippen LogP) is 2.75. The first-order chi connectivity index (χ1) is 13.5. The Morgan fingerprint density at radius 1 is 1.21 bits per heavy atom. The molecule has 2 aromatic rings. The number of hydrogen-bond acceptors (Lipinski definition) is 5. The van der Waals surface area contributed by atoms with Crippen LogP contribution in [0.1, 0.15) is 23.7 Å². The molecule has 28 heavy (non-hydrogen) atoms. The number of aryl methyl sites for hydroxylation is 1. The number of hydrogen-bond donors (Lipinski definition) is 1. The van der Waals surface area contributed by atoms with Crippen LogP contribution in [0.2, 0.25) is 0 Å². The molecule has 0 saturated carbocycles. The van der Waals surface area contributed by atoms with Crippen molar-refractivity contribution in [2.45, 2.75) is 24.3 Å². The van der Waals surface area contributed by atoms with E-state index in [1.807, 2.05) is 25.1 Å². The zero-order valence-electron chi connectivity index (χ0n) is 16.4. The minimum absolute atomic E-state index is 0.0777. The first-order valence-electron chi connectivity index (χ1n) is 9.53. The van der Waals surface area contributed by atoms with Gasteiger partial charge in [-0.25, -0.2) is 13.1 Å². The summed E-state index contributed by atoms with van der Waals surface area (Å²) in [6.45, 7) is 5.45. The van der Waals surface area contributed by atoms with Crippen molar-refractivity contribution in [2.24, 2.45) is 0 Å². The van der Waals surface area contributed by atoms with Gasteiger partial charge in [0.2, 0.25) is 10.0 Å². The molecule has 1 saturated heterocycles. The first-order valence-corrected chi connectivity index (χ1v) is 11.0. The van der Waals surface area contributed by atoms with E-state index in [0.29, 0.717) is 18.9 Å². The summed E-state index contributed by atoms with van der Waals surface area (Å²) in [5, 5.41) is 0. The van der Waals surface area contributed by atoms with Crippen LogP contribution in [0.4, 0.5) is 0 Å². The first kappa shape index (κ1) is 20.8. The molecule has 6 nitrogen and oxygen atoms in total. The zero-order chi connectivity index (χ0) is 20.0. The molecule has 7 heteroatoms. The number of sulfonamides is 1. The van der Waals surface area contributed by atoms with Crippen LogP contribution < -0.4 is 9.46 Å². The average Bonchev–Trinajstić information content (AvgIpc) is 2.72. The molecule has 1 aliphatic rings. The molecule has 1 fully saturated rings. The smallest absolute Gasteiger partial charge is 0.240 e. The standard InChI is InChI=1S/C21H28N2O4S/c1-17-15-19(9-10-20(17)26-2)28(24,25)22-11-6-12-23-13-14-27-21(16-23)18-7-4-3-5-8-18/h3-5,7-10,15,21-22H,6,11-14,16H2,1-2H3. The molecule has 1 N–H and O–H groups in total. The molecule has 0 spiro atoms. The number of morpholine rings is 1. The van der Waals surface area contributed by atoms with Crippen molar-refractivity contribution in [2.75, 3.05) is 39.9 Å². The summed E-state index contributed by atoms with van der Waals surface area (Å²) < 4.78 is 38.7. The molecular formula is C21H28N2O4S. The topological polar surface area (TPSA) is 67.9 Å². The van der Waals surface area contributed by atoms with E-state index >= 15 is 0 Å². The fourth-order valence-electron chi connectivity index (χ4n) is 3.39. The number of ether oxygens (including phenoxy) is 2. The highest BCUT2D eigenvalue weighted by Gasteiger charge is 2.21. The van der Waals surface area contributed by atoms with Gasteiger partial charge in [-0.1, -0.05) is 30.3 Å². The van der Waals surface area contributed by atoms with E-state index in [4.69, 9.17) is 9.47 Å². The summed E-state index contributed by atoms with van der Waals surface area (Å²) in [5.41, 5.74) is 1.98. The lowest BCUT2D eigenvalue weighted by Gasteiger charge is -2.33. The van der Waals surface area contributed by atoms with Gasteiger partial charge in [-0.05, 0) is 49.2 Å². The minimum atomic E-state index is -3.51. The Bertz CT molecular complexity index is 871. The van der Waals surface area contributed by atoms with E-state index < -0.39 is 10.0 Å². The van der Waals surface area contributed by atoms with Gasteiger partial charge < -0.3 is 9.47 Å². The zero-order valence-corrected chi connectivity index (χ0v) is 17.2. The number of nitrogens with zero attached hydrogens (tertiary/aromatic N) is 1. The van der Waals surface area contributed by atoms with Crippen molar-refractivity contribution in [1.82, 2.24) is 9.62 Å². The van der Waals surface area contributed by atoms with E-state index in [2.05, 4.69) is 21.8 Å². The molecular weight excluding hydrogens is 376 g/mol. The van der Waals surface area contributed by atoms with Gasteiger partial charge in [-0.3, -0.25) is 4.90 Å². The molecule has 152 valence electrons. The Labute approximate surface area is 167 Å². The molecule has 1 atom stereocenters. The van der Waals surface area contributed by atoms with Gasteiger partial charge in [-0.15, -0.1) is 0 Å². The van der Waals surface area contributed by atoms with Gasteiger partial charge in [0.05, 0.1) is 24.7 Å². The molecule has 2 aromatic carbocycles. The Balaban J connectivity index is 1.48. The van der Waals surface area contributed by atoms with Gasteiger partial charge in [0.15, 0.2) is 0 Å². The Morgan fingerprint density at radius 3 is 2.71 bits per heavy atom. The lowest BCUT2D eigenvalue weighted by atomic mass is 10.1. The maximum absolute atomic E-state index is 12.5. The van der Waals surface area contributed by atoms with Crippen LogP contribution in [0.3, 0.4) is 0 Å². The van der Waals surface area contributed by atoms with Crippen molar-refractivity contribution in [3.8, 4) is 5.75 Å². The Kier molecular flexibility index (Phi) is 7.07. The van der Waals surface area contributed by atoms with Gasteiger partial charge in [-0.2, -0.15) is 0 Å². The molecule has 0 amide bonds. The van der Waals surface area contributed by atoms with Gasteiger partial charge in [0.1, 0.15) is 5.75 Å². The van der Waals surface area contributed by atoms with E-state index in [0.717, 1.165) is 31.6 Å². The van der Waals surface area contributed by atoms with Crippen LogP contribution in [0.25, 0.3) is 0 Å². The van der Waals surface area contributed by atoms with Crippen molar-refractivity contribution < 1.29 is 17.9 Å². The highest BCUT2D eigenvalue weighted by atomic mass is 32.2. The van der Waals surface area contributed by atoms with Crippen LogP contribution in [0, 0.1) is 6.92 Å². The fourth-order valence-corrected chi connectivity index (χ4v) is 4.54. The summed E-state index contributed by atoms with van der Waals surface area (Å²) in [5.74, 6) is 0.680. The van der Waals surface area contributed by atoms with Crippen molar-refractivity contribution in [3.05, 3.63) is 59.7 Å². The fraction of sp³-hybridized carbons (Fsp3) is 0.429. The molecule has 1 heterocycles. The quantitative estimate of drug-likeness (QED) is 0.685. The number of methoxy groups -OCH3 is 1. The Morgan fingerprint density at radius 2 is 2.00 bits per heavy atom. The second-order valence-corrected chi connectivity index (χ2v) is 8.72. The van der Waals surface area contributed by atoms with Crippen LogP contribution in [0.5, 0.6) is 5.75 Å². The second-order valence-electron chi connectivity index (χ2n) is 6.95. The molecule has 0 bridgehead atoms. The largest absolute Gasteiger partial charge is 0.496 e. The van der Waals surface area contributed by atoms with Crippen molar-refractivity contribution in [1.29, 1.82) is 0 Å². The van der Waals surface area contributed by atoms with Gasteiger partial charge >= 0.3 is 0 Å². The molecule has 0 aliphatic carbocycles. The summed E-state index contributed by atoms with van der Waals surface area (Å²) in [4.78, 5) is 2.59. The van der Waals surface area contributed by atoms with Crippen molar-refractivity contribution in [3.63, 3.8) is 0 Å². The number of rotatable bonds is 8. The maximum atomic E-state index is 12.5. The molecule has 0 radical (unpaired) electrons. The third-order valence-corrected chi connectivity index (χ3v) is 6.40. The lowest BCUT2D eigenvalue weighted by Crippen LogP contribution is -2.39. The van der Waals surface area contributed by atoms with Crippen molar-refractivity contribution >= 4 is 10.0 Å². The molecule has 0 aromatic heterocycles. The van der Waals surface area contributed by atoms with Crippen LogP contribution in [-0.4, -0.2) is 53.2 Å². The number of nitrogens with one attached hydrogen (secondary N) is 1. The summed E-state index contributed by atoms with van der Waals surface area (Å²) in [6.07, 6.45) is 0.824. The molecule has 1 aliphatic heterocycles. The summed E-state index contributed by atoms with van der Waals surface area (Å²) >= 11 is 0. The van der Waals surface area contributed by atoms with Gasteiger partial charge in [0.25, 0.3) is 0 Å². The second kappa shape index (κ2) is 9.52. The average molecular weight is 405 g/mol. The monoisotopic (exact) mass is 404 g/mol. The van der Waals surface area contributed by atoms with E-state index in [-0.39, 0.29) is 11.0 Å². The highest BCUT2D eigenvalue weighted by Crippen LogP contribution is 2.22. The minimum Gasteiger partial charge on any atom is -0.496 e. The van der Waals surface area contributed by atoms with Gasteiger partial charge in [0, 0.05) is 19.6 Å². The Hall–Kier alpha value is -1.93. The van der Waals surface area contributed by atoms with Crippen LogP contribution in [0.15, 0.2) is 53.4 Å². The molecule has 3 rings (SSSR count). The SMILES string of the molecule is COc1ccc(S(=O)(=O)NCCCN2CCOC(c3ccccc3)C2)cc1C. The third kappa shape index (κ3) is 5.32. The maximum Gasteiger partial charge on any atom is 0.240 e.